The summed E-state index contributed by atoms with van der Waals surface area (Å²) >= 11 is 6.17. The Balaban J connectivity index is 0.00000264. The van der Waals surface area contributed by atoms with E-state index in [2.05, 4.69) is 5.32 Å². The van der Waals surface area contributed by atoms with E-state index < -0.39 is 0 Å². The van der Waals surface area contributed by atoms with E-state index in [-0.39, 0.29) is 18.2 Å². The van der Waals surface area contributed by atoms with E-state index in [1.807, 2.05) is 12.1 Å². The molecule has 0 atom stereocenters. The van der Waals surface area contributed by atoms with Crippen LogP contribution in [-0.4, -0.2) is 20.8 Å². The molecule has 2 aromatic rings. The normalized spacial score (nSPS) is 10.1. The lowest BCUT2D eigenvalue weighted by Gasteiger charge is -2.12. The van der Waals surface area contributed by atoms with E-state index >= 15 is 0 Å². The van der Waals surface area contributed by atoms with Crippen molar-refractivity contribution >= 4 is 11.6 Å². The fourth-order valence-electron chi connectivity index (χ4n) is 2.19. The molecule has 0 spiro atoms. The van der Waals surface area contributed by atoms with E-state index in [9.17, 15) is 4.39 Å². The van der Waals surface area contributed by atoms with E-state index in [0.29, 0.717) is 23.1 Å². The molecular formula is C17H19Cl2FNO2-. The fourth-order valence-corrected chi connectivity index (χ4v) is 2.50. The van der Waals surface area contributed by atoms with E-state index in [1.54, 1.807) is 26.4 Å². The van der Waals surface area contributed by atoms with Crippen LogP contribution in [0, 0.1) is 5.82 Å². The maximum Gasteiger partial charge on any atom is 0.179 e. The largest absolute Gasteiger partial charge is 1.00 e. The van der Waals surface area contributed by atoms with Gasteiger partial charge < -0.3 is 27.2 Å². The molecule has 0 fully saturated rings. The highest BCUT2D eigenvalue weighted by Gasteiger charge is 2.10. The standard InChI is InChI=1S/C17H19ClFNO2.ClH/c1-21-16-10-13(9-15(18)17(16)22-2)11-20-8-7-12-3-5-14(19)6-4-12;/h3-6,9-10,20H,7-8,11H2,1-2H3;1H/p-1. The summed E-state index contributed by atoms with van der Waals surface area (Å²) < 4.78 is 23.3. The average molecular weight is 359 g/mol. The molecule has 0 unspecified atom stereocenters. The molecule has 0 amide bonds. The predicted molar refractivity (Wildman–Crippen MR) is 86.4 cm³/mol. The quantitative estimate of drug-likeness (QED) is 0.743. The molecule has 0 saturated heterocycles. The molecule has 2 aromatic carbocycles. The third kappa shape index (κ3) is 5.57. The second-order valence-electron chi connectivity index (χ2n) is 4.87. The molecule has 0 saturated carbocycles. The number of nitrogens with one attached hydrogen (secondary N) is 1. The van der Waals surface area contributed by atoms with Crippen LogP contribution in [0.4, 0.5) is 4.39 Å². The molecule has 0 aliphatic carbocycles. The van der Waals surface area contributed by atoms with Crippen molar-refractivity contribution in [1.82, 2.24) is 5.32 Å². The minimum Gasteiger partial charge on any atom is -1.00 e. The first-order chi connectivity index (χ1) is 10.6. The number of hydrogen-bond acceptors (Lipinski definition) is 3. The number of halogens is 3. The van der Waals surface area contributed by atoms with Gasteiger partial charge in [-0.1, -0.05) is 23.7 Å². The number of ether oxygens (including phenoxy) is 2. The molecule has 0 bridgehead atoms. The Kier molecular flexibility index (Phi) is 8.17. The van der Waals surface area contributed by atoms with Gasteiger partial charge in [0.1, 0.15) is 5.82 Å². The molecular weight excluding hydrogens is 340 g/mol. The molecule has 6 heteroatoms. The highest BCUT2D eigenvalue weighted by atomic mass is 35.5. The summed E-state index contributed by atoms with van der Waals surface area (Å²) in [5.74, 6) is 0.946. The Hall–Kier alpha value is -1.49. The first-order valence-electron chi connectivity index (χ1n) is 6.99. The summed E-state index contributed by atoms with van der Waals surface area (Å²) in [7, 11) is 3.14. The summed E-state index contributed by atoms with van der Waals surface area (Å²) in [5.41, 5.74) is 2.11. The highest BCUT2D eigenvalue weighted by Crippen LogP contribution is 2.35. The minimum atomic E-state index is -0.211. The number of methoxy groups -OCH3 is 2. The van der Waals surface area contributed by atoms with Crippen LogP contribution in [0.2, 0.25) is 5.02 Å². The number of rotatable bonds is 7. The second-order valence-corrected chi connectivity index (χ2v) is 5.27. The van der Waals surface area contributed by atoms with Gasteiger partial charge in [-0.15, -0.1) is 0 Å². The molecule has 126 valence electrons. The van der Waals surface area contributed by atoms with E-state index in [1.165, 1.54) is 12.1 Å². The van der Waals surface area contributed by atoms with Crippen LogP contribution in [-0.2, 0) is 13.0 Å². The number of hydrogen-bond donors (Lipinski definition) is 1. The first-order valence-corrected chi connectivity index (χ1v) is 7.37. The van der Waals surface area contributed by atoms with Crippen molar-refractivity contribution in [3.8, 4) is 11.5 Å². The van der Waals surface area contributed by atoms with Gasteiger partial charge >= 0.3 is 0 Å². The lowest BCUT2D eigenvalue weighted by molar-refractivity contribution is -0.00000557. The van der Waals surface area contributed by atoms with Crippen molar-refractivity contribution in [1.29, 1.82) is 0 Å². The van der Waals surface area contributed by atoms with Gasteiger partial charge in [0.05, 0.1) is 19.2 Å². The van der Waals surface area contributed by atoms with Crippen molar-refractivity contribution in [2.45, 2.75) is 13.0 Å². The van der Waals surface area contributed by atoms with Gasteiger partial charge in [0.25, 0.3) is 0 Å². The van der Waals surface area contributed by atoms with Gasteiger partial charge in [-0.2, -0.15) is 0 Å². The Labute approximate surface area is 147 Å². The summed E-state index contributed by atoms with van der Waals surface area (Å²) in [5, 5.41) is 3.86. The third-order valence-electron chi connectivity index (χ3n) is 3.33. The van der Waals surface area contributed by atoms with Crippen molar-refractivity contribution < 1.29 is 26.3 Å². The van der Waals surface area contributed by atoms with Gasteiger partial charge in [-0.25, -0.2) is 4.39 Å². The van der Waals surface area contributed by atoms with Gasteiger partial charge in [0.15, 0.2) is 11.5 Å². The molecule has 1 N–H and O–H groups in total. The summed E-state index contributed by atoms with van der Waals surface area (Å²) in [4.78, 5) is 0. The SMILES string of the molecule is COc1cc(CNCCc2ccc(F)cc2)cc(Cl)c1OC.[Cl-]. The second kappa shape index (κ2) is 9.60. The average Bonchev–Trinajstić information content (AvgIpc) is 2.52. The first kappa shape index (κ1) is 19.6. The Bertz CT molecular complexity index is 621. The Morgan fingerprint density at radius 2 is 1.74 bits per heavy atom. The van der Waals surface area contributed by atoms with Crippen LogP contribution >= 0.6 is 11.6 Å². The summed E-state index contributed by atoms with van der Waals surface area (Å²) in [6.07, 6.45) is 0.835. The van der Waals surface area contributed by atoms with Crippen LogP contribution in [0.1, 0.15) is 11.1 Å². The highest BCUT2D eigenvalue weighted by molar-refractivity contribution is 6.32. The van der Waals surface area contributed by atoms with Crippen LogP contribution in [0.25, 0.3) is 0 Å². The molecule has 23 heavy (non-hydrogen) atoms. The third-order valence-corrected chi connectivity index (χ3v) is 3.61. The van der Waals surface area contributed by atoms with E-state index in [0.717, 1.165) is 24.1 Å². The topological polar surface area (TPSA) is 30.5 Å². The Morgan fingerprint density at radius 1 is 1.04 bits per heavy atom. The van der Waals surface area contributed by atoms with Crippen LogP contribution in [0.5, 0.6) is 11.5 Å². The number of benzene rings is 2. The van der Waals surface area contributed by atoms with E-state index in [4.69, 9.17) is 21.1 Å². The molecule has 0 aromatic heterocycles. The predicted octanol–water partition coefficient (Wildman–Crippen LogP) is 0.833. The summed E-state index contributed by atoms with van der Waals surface area (Å²) in [6, 6.07) is 10.3. The van der Waals surface area contributed by atoms with Crippen LogP contribution in [0.15, 0.2) is 36.4 Å². The Morgan fingerprint density at radius 3 is 2.35 bits per heavy atom. The zero-order valence-corrected chi connectivity index (χ0v) is 14.5. The fraction of sp³-hybridized carbons (Fsp3) is 0.294. The van der Waals surface area contributed by atoms with Gasteiger partial charge in [-0.3, -0.25) is 0 Å². The zero-order chi connectivity index (χ0) is 15.9. The van der Waals surface area contributed by atoms with Crippen LogP contribution < -0.4 is 27.2 Å². The van der Waals surface area contributed by atoms with Crippen molar-refractivity contribution in [2.24, 2.45) is 0 Å². The maximum atomic E-state index is 12.8. The molecule has 0 aliphatic heterocycles. The van der Waals surface area contributed by atoms with Gasteiger partial charge in [0.2, 0.25) is 0 Å². The molecule has 0 radical (unpaired) electrons. The lowest BCUT2D eigenvalue weighted by atomic mass is 10.1. The zero-order valence-electron chi connectivity index (χ0n) is 13.0. The van der Waals surface area contributed by atoms with Crippen molar-refractivity contribution in [3.05, 3.63) is 58.4 Å². The lowest BCUT2D eigenvalue weighted by Crippen LogP contribution is -3.00. The summed E-state index contributed by atoms with van der Waals surface area (Å²) in [6.45, 7) is 1.46. The van der Waals surface area contributed by atoms with Gasteiger partial charge in [0, 0.05) is 6.54 Å². The maximum absolute atomic E-state index is 12.8. The molecule has 2 rings (SSSR count). The van der Waals surface area contributed by atoms with Crippen molar-refractivity contribution in [3.63, 3.8) is 0 Å². The molecule has 0 aliphatic rings. The van der Waals surface area contributed by atoms with Crippen LogP contribution in [0.3, 0.4) is 0 Å². The monoisotopic (exact) mass is 358 g/mol. The van der Waals surface area contributed by atoms with Crippen molar-refractivity contribution in [2.75, 3.05) is 20.8 Å². The molecule has 3 nitrogen and oxygen atoms in total. The minimum absolute atomic E-state index is 0. The van der Waals surface area contributed by atoms with Gasteiger partial charge in [-0.05, 0) is 48.4 Å². The molecule has 0 heterocycles. The smallest absolute Gasteiger partial charge is 0.179 e.